The van der Waals surface area contributed by atoms with Crippen molar-refractivity contribution in [2.45, 2.75) is 30.6 Å². The Morgan fingerprint density at radius 2 is 2.17 bits per heavy atom. The highest BCUT2D eigenvalue weighted by molar-refractivity contribution is 7.51. The van der Waals surface area contributed by atoms with Crippen LogP contribution in [0.15, 0.2) is 17.1 Å². The Bertz CT molecular complexity index is 721. The molecule has 0 spiro atoms. The maximum absolute atomic E-state index is 12.1. The number of anilines is 1. The summed E-state index contributed by atoms with van der Waals surface area (Å²) in [6.45, 7) is 0.375. The molecule has 136 valence electrons. The Morgan fingerprint density at radius 3 is 2.67 bits per heavy atom. The molecule has 4 atom stereocenters. The van der Waals surface area contributed by atoms with Crippen molar-refractivity contribution in [3.05, 3.63) is 22.7 Å². The maximum atomic E-state index is 12.1. The van der Waals surface area contributed by atoms with Gasteiger partial charge in [-0.2, -0.15) is 4.98 Å². The molecule has 1 saturated heterocycles. The lowest BCUT2D eigenvalue weighted by molar-refractivity contribution is -0.312. The molecule has 0 aliphatic carbocycles. The lowest BCUT2D eigenvalue weighted by atomic mass is 9.99. The second-order valence-corrected chi connectivity index (χ2v) is 6.99. The monoisotopic (exact) mass is 367 g/mol. The van der Waals surface area contributed by atoms with Gasteiger partial charge in [0.15, 0.2) is 6.35 Å². The second kappa shape index (κ2) is 6.17. The van der Waals surface area contributed by atoms with Gasteiger partial charge < -0.3 is 40.3 Å². The van der Waals surface area contributed by atoms with Crippen molar-refractivity contribution in [2.24, 2.45) is 0 Å². The fourth-order valence-electron chi connectivity index (χ4n) is 2.48. The molecule has 2 rings (SSSR count). The first-order chi connectivity index (χ1) is 10.9. The van der Waals surface area contributed by atoms with Crippen molar-refractivity contribution in [1.82, 2.24) is 9.55 Å². The van der Waals surface area contributed by atoms with E-state index in [0.717, 1.165) is 17.7 Å². The van der Waals surface area contributed by atoms with Gasteiger partial charge in [0.25, 0.3) is 0 Å². The smallest absolute Gasteiger partial charge is 0.352 e. The fourth-order valence-corrected chi connectivity index (χ4v) is 2.84. The van der Waals surface area contributed by atoms with Crippen LogP contribution in [-0.2, 0) is 19.8 Å². The Kier molecular flexibility index (Phi) is 4.87. The van der Waals surface area contributed by atoms with E-state index in [1.165, 1.54) is 6.07 Å². The minimum atomic E-state index is -4.72. The van der Waals surface area contributed by atoms with Crippen molar-refractivity contribution < 1.29 is 39.1 Å². The number of rotatable bonds is 5. The minimum absolute atomic E-state index is 0.114. The normalized spacial score (nSPS) is 33.8. The molecule has 0 aromatic carbocycles. The predicted octanol–water partition coefficient (Wildman–Crippen LogP) is -2.91. The second-order valence-electron chi connectivity index (χ2n) is 5.41. The number of hydrogen-bond acceptors (Lipinski definition) is 9. The summed E-state index contributed by atoms with van der Waals surface area (Å²) in [5, 5.41) is 30.2. The highest BCUT2D eigenvalue weighted by Gasteiger charge is 2.66. The van der Waals surface area contributed by atoms with Gasteiger partial charge in [0.2, 0.25) is 11.5 Å². The Balaban J connectivity index is 2.54. The first-order valence-electron chi connectivity index (χ1n) is 6.68. The average Bonchev–Trinajstić information content (AvgIpc) is 2.66. The third-order valence-electron chi connectivity index (χ3n) is 3.72. The van der Waals surface area contributed by atoms with Crippen LogP contribution in [0.3, 0.4) is 0 Å². The van der Waals surface area contributed by atoms with Crippen LogP contribution in [-0.4, -0.2) is 65.6 Å². The number of aliphatic hydroxyl groups is 3. The summed E-state index contributed by atoms with van der Waals surface area (Å²) in [6.07, 6.45) is -3.46. The Hall–Kier alpha value is -1.37. The van der Waals surface area contributed by atoms with Crippen molar-refractivity contribution in [2.75, 3.05) is 18.7 Å². The molecule has 0 amide bonds. The molecule has 1 aromatic heterocycles. The molecule has 0 bridgehead atoms. The highest BCUT2D eigenvalue weighted by Crippen LogP contribution is 2.46. The summed E-state index contributed by atoms with van der Waals surface area (Å²) in [5.74, 6) is -2.87. The molecule has 1 aromatic rings. The van der Waals surface area contributed by atoms with E-state index in [1.54, 1.807) is 0 Å². The average molecular weight is 367 g/mol. The molecule has 1 aliphatic rings. The van der Waals surface area contributed by atoms with E-state index in [1.807, 2.05) is 0 Å². The van der Waals surface area contributed by atoms with Crippen molar-refractivity contribution in [1.29, 1.82) is 0 Å². The summed E-state index contributed by atoms with van der Waals surface area (Å²) in [7, 11) is -4.72. The molecule has 24 heavy (non-hydrogen) atoms. The standard InChI is InChI=1S/C11H18N3O9P/c1-10(14-3-2-7(12)13-9(14)17)11(18,22-5-24(19,20)21)8(16)6(4-15)23-10/h2-3,6,8,15-16,18H,4-5H2,1H3,(H2,12,13,17)(H2,19,20,21)/t6-,8-,10-,11+/m1/s1. The zero-order chi connectivity index (χ0) is 18.3. The maximum Gasteiger partial charge on any atom is 0.352 e. The number of aromatic nitrogens is 2. The number of hydrogen-bond donors (Lipinski definition) is 6. The molecule has 1 fully saturated rings. The van der Waals surface area contributed by atoms with Gasteiger partial charge in [0.1, 0.15) is 18.0 Å². The zero-order valence-electron chi connectivity index (χ0n) is 12.5. The summed E-state index contributed by atoms with van der Waals surface area (Å²) in [4.78, 5) is 33.4. The van der Waals surface area contributed by atoms with Crippen LogP contribution in [0, 0.1) is 0 Å². The SMILES string of the molecule is C[C@@]1(n2ccc(N)nc2=O)O[C@H](CO)[C@@H](O)[C@]1(O)OCP(=O)(O)O. The van der Waals surface area contributed by atoms with Gasteiger partial charge >= 0.3 is 13.3 Å². The Labute approximate surface area is 135 Å². The van der Waals surface area contributed by atoms with Crippen LogP contribution in [0.4, 0.5) is 5.82 Å². The van der Waals surface area contributed by atoms with Crippen LogP contribution < -0.4 is 11.4 Å². The van der Waals surface area contributed by atoms with Crippen LogP contribution >= 0.6 is 7.60 Å². The van der Waals surface area contributed by atoms with Crippen LogP contribution in [0.25, 0.3) is 0 Å². The van der Waals surface area contributed by atoms with Gasteiger partial charge in [-0.3, -0.25) is 9.13 Å². The summed E-state index contributed by atoms with van der Waals surface area (Å²) >= 11 is 0. The van der Waals surface area contributed by atoms with E-state index < -0.39 is 50.0 Å². The van der Waals surface area contributed by atoms with E-state index in [4.69, 9.17) is 25.0 Å². The largest absolute Gasteiger partial charge is 0.394 e. The van der Waals surface area contributed by atoms with Gasteiger partial charge in [0, 0.05) is 6.20 Å². The number of aliphatic hydroxyl groups excluding tert-OH is 2. The minimum Gasteiger partial charge on any atom is -0.394 e. The van der Waals surface area contributed by atoms with E-state index in [2.05, 4.69) is 4.98 Å². The molecule has 0 saturated carbocycles. The van der Waals surface area contributed by atoms with Crippen LogP contribution in [0.5, 0.6) is 0 Å². The van der Waals surface area contributed by atoms with Crippen LogP contribution in [0.1, 0.15) is 6.92 Å². The summed E-state index contributed by atoms with van der Waals surface area (Å²) in [5.41, 5.74) is 2.27. The lowest BCUT2D eigenvalue weighted by Gasteiger charge is -2.39. The molecule has 2 heterocycles. The van der Waals surface area contributed by atoms with E-state index in [9.17, 15) is 24.7 Å². The van der Waals surface area contributed by atoms with Gasteiger partial charge in [0.05, 0.1) is 6.61 Å². The molecular weight excluding hydrogens is 349 g/mol. The van der Waals surface area contributed by atoms with E-state index >= 15 is 0 Å². The molecule has 7 N–H and O–H groups in total. The number of ether oxygens (including phenoxy) is 2. The van der Waals surface area contributed by atoms with Crippen molar-refractivity contribution >= 4 is 13.4 Å². The summed E-state index contributed by atoms with van der Waals surface area (Å²) in [6, 6.07) is 1.21. The molecule has 13 heteroatoms. The lowest BCUT2D eigenvalue weighted by Crippen LogP contribution is -2.60. The van der Waals surface area contributed by atoms with Crippen molar-refractivity contribution in [3.8, 4) is 0 Å². The van der Waals surface area contributed by atoms with Crippen LogP contribution in [0.2, 0.25) is 0 Å². The van der Waals surface area contributed by atoms with E-state index in [0.29, 0.717) is 0 Å². The quantitative estimate of drug-likeness (QED) is 0.230. The highest BCUT2D eigenvalue weighted by atomic mass is 31.2. The molecule has 0 unspecified atom stereocenters. The molecular formula is C11H18N3O9P. The number of nitrogen functional groups attached to an aromatic ring is 1. The van der Waals surface area contributed by atoms with Gasteiger partial charge in [-0.15, -0.1) is 0 Å². The zero-order valence-corrected chi connectivity index (χ0v) is 13.4. The van der Waals surface area contributed by atoms with Crippen molar-refractivity contribution in [3.63, 3.8) is 0 Å². The molecule has 0 radical (unpaired) electrons. The molecule has 12 nitrogen and oxygen atoms in total. The third-order valence-corrected chi connectivity index (χ3v) is 4.18. The van der Waals surface area contributed by atoms with E-state index in [-0.39, 0.29) is 5.82 Å². The first-order valence-corrected chi connectivity index (χ1v) is 8.47. The Morgan fingerprint density at radius 1 is 1.54 bits per heavy atom. The fraction of sp³-hybridized carbons (Fsp3) is 0.636. The van der Waals surface area contributed by atoms with Gasteiger partial charge in [-0.25, -0.2) is 4.79 Å². The number of nitrogens with two attached hydrogens (primary N) is 1. The topological polar surface area (TPSA) is 198 Å². The van der Waals surface area contributed by atoms with Gasteiger partial charge in [-0.1, -0.05) is 0 Å². The number of nitrogens with zero attached hydrogens (tertiary/aromatic N) is 2. The molecule has 1 aliphatic heterocycles. The summed E-state index contributed by atoms with van der Waals surface area (Å²) < 4.78 is 22.0. The third kappa shape index (κ3) is 3.10. The predicted molar refractivity (Wildman–Crippen MR) is 77.5 cm³/mol. The van der Waals surface area contributed by atoms with Gasteiger partial charge in [-0.05, 0) is 13.0 Å². The first kappa shape index (κ1) is 19.0.